The van der Waals surface area contributed by atoms with Crippen molar-refractivity contribution in [3.05, 3.63) is 47.0 Å². The van der Waals surface area contributed by atoms with Crippen LogP contribution in [0.15, 0.2) is 40.9 Å². The molecule has 1 aliphatic heterocycles. The van der Waals surface area contributed by atoms with Gasteiger partial charge in [-0.2, -0.15) is 8.42 Å². The fraction of sp³-hybridized carbons (Fsp3) is 0.235. The number of thiazole rings is 1. The minimum absolute atomic E-state index is 0.0826. The van der Waals surface area contributed by atoms with Crippen molar-refractivity contribution in [3.63, 3.8) is 0 Å². The van der Waals surface area contributed by atoms with Gasteiger partial charge in [0.25, 0.3) is 17.7 Å². The average Bonchev–Trinajstić information content (AvgIpc) is 3.17. The summed E-state index contributed by atoms with van der Waals surface area (Å²) in [7, 11) is -3.73. The van der Waals surface area contributed by atoms with Crippen molar-refractivity contribution in [1.29, 1.82) is 0 Å². The van der Waals surface area contributed by atoms with Gasteiger partial charge in [0.2, 0.25) is 0 Å². The minimum atomic E-state index is -4.93. The van der Waals surface area contributed by atoms with E-state index in [4.69, 9.17) is 5.73 Å². The topological polar surface area (TPSA) is 193 Å². The van der Waals surface area contributed by atoms with Crippen LogP contribution in [0.25, 0.3) is 0 Å². The second kappa shape index (κ2) is 9.29. The molecule has 2 atom stereocenters. The molecule has 1 aromatic heterocycles. The van der Waals surface area contributed by atoms with Crippen LogP contribution < -0.4 is 16.4 Å². The largest absolute Gasteiger partial charge is 0.398 e. The molecule has 0 saturated carbocycles. The number of nitrogens with two attached hydrogens (primary N) is 1. The Morgan fingerprint density at radius 1 is 1.34 bits per heavy atom. The van der Waals surface area contributed by atoms with Gasteiger partial charge in [-0.1, -0.05) is 23.4 Å². The van der Waals surface area contributed by atoms with Crippen LogP contribution in [-0.2, 0) is 24.7 Å². The third-order valence-electron chi connectivity index (χ3n) is 4.37. The second-order valence-corrected chi connectivity index (χ2v) is 8.58. The normalized spacial score (nSPS) is 18.6. The number of anilines is 1. The van der Waals surface area contributed by atoms with E-state index in [0.29, 0.717) is 5.56 Å². The number of benzene rings is 1. The summed E-state index contributed by atoms with van der Waals surface area (Å²) in [4.78, 5) is 45.9. The first kappa shape index (κ1) is 23.1. The van der Waals surface area contributed by atoms with E-state index in [0.717, 1.165) is 11.3 Å². The van der Waals surface area contributed by atoms with Gasteiger partial charge in [-0.3, -0.25) is 18.9 Å². The number of nitrogens with one attached hydrogen (secondary N) is 2. The second-order valence-electron chi connectivity index (χ2n) is 6.40. The monoisotopic (exact) mass is 482 g/mol. The maximum atomic E-state index is 12.7. The van der Waals surface area contributed by atoms with Gasteiger partial charge in [0, 0.05) is 17.5 Å². The van der Waals surface area contributed by atoms with E-state index in [2.05, 4.69) is 25.6 Å². The third kappa shape index (κ3) is 4.84. The quantitative estimate of drug-likeness (QED) is 0.158. The van der Waals surface area contributed by atoms with Gasteiger partial charge in [-0.15, -0.1) is 11.3 Å². The van der Waals surface area contributed by atoms with Crippen molar-refractivity contribution in [2.24, 2.45) is 5.16 Å². The lowest BCUT2D eigenvalue weighted by Crippen LogP contribution is -2.74. The molecule has 170 valence electrons. The number of amides is 3. The zero-order valence-electron chi connectivity index (χ0n) is 16.5. The predicted molar refractivity (Wildman–Crippen MR) is 113 cm³/mol. The van der Waals surface area contributed by atoms with E-state index in [1.807, 2.05) is 0 Å². The van der Waals surface area contributed by atoms with Crippen LogP contribution >= 0.6 is 11.3 Å². The van der Waals surface area contributed by atoms with Crippen molar-refractivity contribution in [1.82, 2.24) is 19.9 Å². The van der Waals surface area contributed by atoms with Gasteiger partial charge in [-0.25, -0.2) is 9.29 Å². The van der Waals surface area contributed by atoms with Crippen LogP contribution in [0.4, 0.5) is 5.13 Å². The first-order valence-corrected chi connectivity index (χ1v) is 11.2. The van der Waals surface area contributed by atoms with Crippen molar-refractivity contribution in [2.45, 2.75) is 12.1 Å². The van der Waals surface area contributed by atoms with E-state index in [1.165, 1.54) is 24.6 Å². The highest BCUT2D eigenvalue weighted by atomic mass is 32.2. The van der Waals surface area contributed by atoms with E-state index in [1.54, 1.807) is 18.2 Å². The maximum Gasteiger partial charge on any atom is 0.362 e. The van der Waals surface area contributed by atoms with Gasteiger partial charge in [-0.05, 0) is 12.1 Å². The Hall–Kier alpha value is -3.56. The standard InChI is InChI=1S/C17H18N6O7S2/c1-30-22-12(10-8-31-17(18)20-10)15(25)21-13-11(23(16(13)26)32(27,28)29)7-19-14(24)9-5-3-2-4-6-9/h2-6,8,11,13H,7H2,1H3,(H2,18,20)(H,19,24)(H,21,25)(H,27,28,29)/t11-,13+/m0/s1. The molecule has 0 unspecified atom stereocenters. The van der Waals surface area contributed by atoms with Crippen LogP contribution in [0.1, 0.15) is 16.1 Å². The zero-order valence-corrected chi connectivity index (χ0v) is 18.1. The number of hydrogen-bond acceptors (Lipinski definition) is 10. The summed E-state index contributed by atoms with van der Waals surface area (Å²) in [5.41, 5.74) is 5.64. The summed E-state index contributed by atoms with van der Waals surface area (Å²) in [6, 6.07) is 5.40. The Bertz CT molecular complexity index is 1170. The summed E-state index contributed by atoms with van der Waals surface area (Å²) < 4.78 is 32.8. The van der Waals surface area contributed by atoms with E-state index in [9.17, 15) is 27.4 Å². The van der Waals surface area contributed by atoms with Crippen LogP contribution in [-0.4, -0.2) is 71.4 Å². The SMILES string of the molecule is CON=C(C(=O)N[C@H]1C(=O)N(S(=O)(=O)O)[C@H]1CNC(=O)c1ccccc1)c1csc(N)n1. The first-order valence-electron chi connectivity index (χ1n) is 8.90. The summed E-state index contributed by atoms with van der Waals surface area (Å²) in [5.74, 6) is -2.52. The van der Waals surface area contributed by atoms with Crippen LogP contribution in [0.3, 0.4) is 0 Å². The molecular formula is C17H18N6O7S2. The molecule has 1 aromatic carbocycles. The molecule has 5 N–H and O–H groups in total. The number of oxime groups is 1. The van der Waals surface area contributed by atoms with Crippen molar-refractivity contribution >= 4 is 50.2 Å². The number of carbonyl (C=O) groups excluding carboxylic acids is 3. The van der Waals surface area contributed by atoms with Gasteiger partial charge in [0.15, 0.2) is 10.8 Å². The van der Waals surface area contributed by atoms with E-state index < -0.39 is 40.1 Å². The molecule has 0 aliphatic carbocycles. The molecule has 1 aliphatic rings. The summed E-state index contributed by atoms with van der Waals surface area (Å²) in [6.07, 6.45) is 0. The fourth-order valence-electron chi connectivity index (χ4n) is 2.95. The molecule has 13 nitrogen and oxygen atoms in total. The number of hydrogen-bond donors (Lipinski definition) is 4. The molecule has 3 amide bonds. The third-order valence-corrected chi connectivity index (χ3v) is 6.00. The highest BCUT2D eigenvalue weighted by Crippen LogP contribution is 2.23. The lowest BCUT2D eigenvalue weighted by atomic mass is 9.98. The van der Waals surface area contributed by atoms with Crippen molar-refractivity contribution in [2.75, 3.05) is 19.4 Å². The molecule has 32 heavy (non-hydrogen) atoms. The van der Waals surface area contributed by atoms with Gasteiger partial charge >= 0.3 is 10.3 Å². The number of rotatable bonds is 8. The summed E-state index contributed by atoms with van der Waals surface area (Å²) >= 11 is 1.04. The fourth-order valence-corrected chi connectivity index (χ4v) is 4.38. The first-order chi connectivity index (χ1) is 15.1. The van der Waals surface area contributed by atoms with E-state index in [-0.39, 0.29) is 27.4 Å². The lowest BCUT2D eigenvalue weighted by molar-refractivity contribution is -0.144. The van der Waals surface area contributed by atoms with Gasteiger partial charge in [0.1, 0.15) is 18.8 Å². The number of β-lactam (4-membered cyclic amide) rings is 1. The molecule has 1 saturated heterocycles. The number of nitrogen functional groups attached to an aromatic ring is 1. The summed E-state index contributed by atoms with van der Waals surface area (Å²) in [5, 5.41) is 9.99. The number of nitrogens with zero attached hydrogens (tertiary/aromatic N) is 3. The Morgan fingerprint density at radius 2 is 2.03 bits per heavy atom. The Labute approximate surface area is 186 Å². The molecule has 0 radical (unpaired) electrons. The van der Waals surface area contributed by atoms with Gasteiger partial charge in [0.05, 0.1) is 6.04 Å². The predicted octanol–water partition coefficient (Wildman–Crippen LogP) is -0.996. The molecule has 0 spiro atoms. The van der Waals surface area contributed by atoms with Crippen LogP contribution in [0.2, 0.25) is 0 Å². The van der Waals surface area contributed by atoms with Crippen molar-refractivity contribution < 1.29 is 32.2 Å². The van der Waals surface area contributed by atoms with E-state index >= 15 is 0 Å². The zero-order chi connectivity index (χ0) is 23.5. The Morgan fingerprint density at radius 3 is 2.59 bits per heavy atom. The number of aromatic nitrogens is 1. The Balaban J connectivity index is 1.77. The minimum Gasteiger partial charge on any atom is -0.398 e. The molecule has 15 heteroatoms. The molecule has 2 aromatic rings. The molecule has 1 fully saturated rings. The van der Waals surface area contributed by atoms with Crippen molar-refractivity contribution in [3.8, 4) is 0 Å². The average molecular weight is 483 g/mol. The smallest absolute Gasteiger partial charge is 0.362 e. The molecule has 2 heterocycles. The number of carbonyl (C=O) groups is 3. The summed E-state index contributed by atoms with van der Waals surface area (Å²) in [6.45, 7) is -0.370. The Kier molecular flexibility index (Phi) is 6.71. The molecule has 3 rings (SSSR count). The van der Waals surface area contributed by atoms with Gasteiger partial charge < -0.3 is 21.2 Å². The highest BCUT2D eigenvalue weighted by Gasteiger charge is 2.54. The van der Waals surface area contributed by atoms with Crippen LogP contribution in [0.5, 0.6) is 0 Å². The highest BCUT2D eigenvalue weighted by molar-refractivity contribution is 7.84. The molecular weight excluding hydrogens is 464 g/mol. The van der Waals surface area contributed by atoms with Crippen LogP contribution in [0, 0.1) is 0 Å². The molecule has 0 bridgehead atoms. The maximum absolute atomic E-state index is 12.7. The lowest BCUT2D eigenvalue weighted by Gasteiger charge is -2.44.